The van der Waals surface area contributed by atoms with Crippen molar-refractivity contribution >= 4 is 5.91 Å². The number of para-hydroxylation sites is 1. The predicted molar refractivity (Wildman–Crippen MR) is 81.3 cm³/mol. The van der Waals surface area contributed by atoms with Gasteiger partial charge in [0.15, 0.2) is 0 Å². The van der Waals surface area contributed by atoms with Gasteiger partial charge in [-0.3, -0.25) is 9.69 Å². The normalized spacial score (nSPS) is 22.4. The number of rotatable bonds is 5. The lowest BCUT2D eigenvalue weighted by molar-refractivity contribution is -0.129. The summed E-state index contributed by atoms with van der Waals surface area (Å²) in [6, 6.07) is 7.30. The number of amides is 1. The molecule has 1 heterocycles. The van der Waals surface area contributed by atoms with E-state index in [1.165, 1.54) is 0 Å². The largest absolute Gasteiger partial charge is 0.508 e. The number of hydrogen-bond donors (Lipinski definition) is 1. The molecule has 1 aliphatic heterocycles. The van der Waals surface area contributed by atoms with Crippen molar-refractivity contribution in [2.24, 2.45) is 0 Å². The van der Waals surface area contributed by atoms with Gasteiger partial charge in [-0.05, 0) is 19.5 Å². The predicted octanol–water partition coefficient (Wildman–Crippen LogP) is 1.11. The first-order valence-corrected chi connectivity index (χ1v) is 7.25. The van der Waals surface area contributed by atoms with E-state index in [1.807, 2.05) is 13.1 Å². The van der Waals surface area contributed by atoms with Crippen molar-refractivity contribution in [2.75, 3.05) is 34.3 Å². The topological polar surface area (TPSA) is 53.0 Å². The van der Waals surface area contributed by atoms with Crippen LogP contribution in [0.15, 0.2) is 24.3 Å². The highest BCUT2D eigenvalue weighted by Crippen LogP contribution is 2.20. The molecule has 5 heteroatoms. The standard InChI is InChI=1S/C16H24N2O3/c1-17-11-14(21-3)9-13(17)10-18(2)16(20)8-12-6-4-5-7-15(12)19/h4-7,13-14,19H,8-11H2,1-3H3/t13-,14-/m0/s1. The van der Waals surface area contributed by atoms with Gasteiger partial charge < -0.3 is 14.7 Å². The second kappa shape index (κ2) is 6.91. The fourth-order valence-corrected chi connectivity index (χ4v) is 2.79. The van der Waals surface area contributed by atoms with Crippen LogP contribution >= 0.6 is 0 Å². The zero-order valence-corrected chi connectivity index (χ0v) is 13.0. The Morgan fingerprint density at radius 3 is 2.81 bits per heavy atom. The molecular weight excluding hydrogens is 268 g/mol. The van der Waals surface area contributed by atoms with Crippen LogP contribution in [0, 0.1) is 0 Å². The third kappa shape index (κ3) is 3.95. The van der Waals surface area contributed by atoms with Gasteiger partial charge in [0.2, 0.25) is 5.91 Å². The first-order valence-electron chi connectivity index (χ1n) is 7.25. The Balaban J connectivity index is 1.90. The second-order valence-electron chi connectivity index (χ2n) is 5.77. The number of nitrogens with zero attached hydrogens (tertiary/aromatic N) is 2. The van der Waals surface area contributed by atoms with E-state index in [1.54, 1.807) is 30.2 Å². The highest BCUT2D eigenvalue weighted by molar-refractivity contribution is 5.79. The maximum absolute atomic E-state index is 12.3. The minimum absolute atomic E-state index is 0.0192. The summed E-state index contributed by atoms with van der Waals surface area (Å²) in [5.41, 5.74) is 0.670. The highest BCUT2D eigenvalue weighted by atomic mass is 16.5. The van der Waals surface area contributed by atoms with Gasteiger partial charge in [0.05, 0.1) is 12.5 Å². The summed E-state index contributed by atoms with van der Waals surface area (Å²) in [7, 11) is 5.61. The molecule has 0 spiro atoms. The zero-order chi connectivity index (χ0) is 15.4. The molecule has 1 aromatic rings. The summed E-state index contributed by atoms with van der Waals surface area (Å²) in [6.45, 7) is 1.59. The SMILES string of the molecule is CO[C@H]1C[C@@H](CN(C)C(=O)Cc2ccccc2O)N(C)C1. The Bertz CT molecular complexity index is 492. The smallest absolute Gasteiger partial charge is 0.226 e. The summed E-state index contributed by atoms with van der Waals surface area (Å²) in [6.07, 6.45) is 1.43. The average Bonchev–Trinajstić information content (AvgIpc) is 2.82. The summed E-state index contributed by atoms with van der Waals surface area (Å²) in [5, 5.41) is 9.74. The third-order valence-electron chi connectivity index (χ3n) is 4.23. The van der Waals surface area contributed by atoms with E-state index in [9.17, 15) is 9.90 Å². The van der Waals surface area contributed by atoms with E-state index >= 15 is 0 Å². The van der Waals surface area contributed by atoms with Crippen LogP contribution in [-0.2, 0) is 16.0 Å². The van der Waals surface area contributed by atoms with Crippen molar-refractivity contribution in [1.29, 1.82) is 0 Å². The monoisotopic (exact) mass is 292 g/mol. The van der Waals surface area contributed by atoms with Crippen molar-refractivity contribution < 1.29 is 14.6 Å². The van der Waals surface area contributed by atoms with Crippen molar-refractivity contribution in [3.8, 4) is 5.75 Å². The number of hydrogen-bond acceptors (Lipinski definition) is 4. The van der Waals surface area contributed by atoms with Gasteiger partial charge in [-0.25, -0.2) is 0 Å². The minimum Gasteiger partial charge on any atom is -0.508 e. The van der Waals surface area contributed by atoms with Crippen molar-refractivity contribution in [3.05, 3.63) is 29.8 Å². The van der Waals surface area contributed by atoms with Crippen LogP contribution in [0.5, 0.6) is 5.75 Å². The number of carbonyl (C=O) groups is 1. The van der Waals surface area contributed by atoms with E-state index in [-0.39, 0.29) is 24.2 Å². The lowest BCUT2D eigenvalue weighted by Crippen LogP contribution is -2.40. The fraction of sp³-hybridized carbons (Fsp3) is 0.562. The molecule has 1 fully saturated rings. The van der Waals surface area contributed by atoms with Crippen LogP contribution < -0.4 is 0 Å². The molecule has 1 N–H and O–H groups in total. The first kappa shape index (κ1) is 15.8. The number of ether oxygens (including phenoxy) is 1. The minimum atomic E-state index is 0.0192. The molecule has 1 aromatic carbocycles. The molecule has 1 saturated heterocycles. The number of methoxy groups -OCH3 is 1. The van der Waals surface area contributed by atoms with Crippen molar-refractivity contribution in [3.63, 3.8) is 0 Å². The molecule has 0 radical (unpaired) electrons. The highest BCUT2D eigenvalue weighted by Gasteiger charge is 2.30. The Kier molecular flexibility index (Phi) is 5.20. The van der Waals surface area contributed by atoms with Crippen LogP contribution in [0.1, 0.15) is 12.0 Å². The average molecular weight is 292 g/mol. The van der Waals surface area contributed by atoms with Gasteiger partial charge in [-0.15, -0.1) is 0 Å². The fourth-order valence-electron chi connectivity index (χ4n) is 2.79. The number of benzene rings is 1. The Morgan fingerprint density at radius 1 is 1.48 bits per heavy atom. The van der Waals surface area contributed by atoms with Gasteiger partial charge >= 0.3 is 0 Å². The quantitative estimate of drug-likeness (QED) is 0.883. The number of likely N-dealkylation sites (N-methyl/N-ethyl adjacent to an activating group) is 2. The number of aromatic hydroxyl groups is 1. The molecule has 0 unspecified atom stereocenters. The van der Waals surface area contributed by atoms with Crippen LogP contribution in [0.3, 0.4) is 0 Å². The van der Waals surface area contributed by atoms with Crippen LogP contribution in [0.4, 0.5) is 0 Å². The van der Waals surface area contributed by atoms with Crippen LogP contribution in [-0.4, -0.2) is 67.3 Å². The zero-order valence-electron chi connectivity index (χ0n) is 13.0. The number of likely N-dealkylation sites (tertiary alicyclic amines) is 1. The summed E-state index contributed by atoms with van der Waals surface area (Å²) in [5.74, 6) is 0.197. The molecule has 0 aromatic heterocycles. The third-order valence-corrected chi connectivity index (χ3v) is 4.23. The first-order chi connectivity index (χ1) is 10.0. The van der Waals surface area contributed by atoms with Gasteiger partial charge in [-0.2, -0.15) is 0 Å². The number of phenolic OH excluding ortho intramolecular Hbond substituents is 1. The molecule has 0 bridgehead atoms. The molecule has 0 aliphatic carbocycles. The van der Waals surface area contributed by atoms with E-state index in [0.717, 1.165) is 13.0 Å². The Labute approximate surface area is 126 Å². The van der Waals surface area contributed by atoms with Gasteiger partial charge in [0.1, 0.15) is 5.75 Å². The maximum Gasteiger partial charge on any atom is 0.226 e. The van der Waals surface area contributed by atoms with Crippen LogP contribution in [0.25, 0.3) is 0 Å². The van der Waals surface area contributed by atoms with Crippen molar-refractivity contribution in [2.45, 2.75) is 25.0 Å². The molecule has 0 saturated carbocycles. The van der Waals surface area contributed by atoms with Gasteiger partial charge in [-0.1, -0.05) is 18.2 Å². The second-order valence-corrected chi connectivity index (χ2v) is 5.77. The van der Waals surface area contributed by atoms with Gasteiger partial charge in [0.25, 0.3) is 0 Å². The van der Waals surface area contributed by atoms with E-state index in [2.05, 4.69) is 11.9 Å². The van der Waals surface area contributed by atoms with Crippen LogP contribution in [0.2, 0.25) is 0 Å². The lowest BCUT2D eigenvalue weighted by Gasteiger charge is -2.25. The molecular formula is C16H24N2O3. The molecule has 5 nitrogen and oxygen atoms in total. The Morgan fingerprint density at radius 2 is 2.19 bits per heavy atom. The van der Waals surface area contributed by atoms with E-state index < -0.39 is 0 Å². The number of phenols is 1. The molecule has 2 rings (SSSR count). The van der Waals surface area contributed by atoms with E-state index in [0.29, 0.717) is 18.2 Å². The summed E-state index contributed by atoms with van der Waals surface area (Å²) < 4.78 is 5.39. The lowest BCUT2D eigenvalue weighted by atomic mass is 10.1. The van der Waals surface area contributed by atoms with E-state index in [4.69, 9.17) is 4.74 Å². The molecule has 116 valence electrons. The number of carbonyl (C=O) groups excluding carboxylic acids is 1. The molecule has 1 amide bonds. The summed E-state index contributed by atoms with van der Waals surface area (Å²) >= 11 is 0. The molecule has 21 heavy (non-hydrogen) atoms. The van der Waals surface area contributed by atoms with Crippen molar-refractivity contribution in [1.82, 2.24) is 9.80 Å². The van der Waals surface area contributed by atoms with Gasteiger partial charge in [0, 0.05) is 38.9 Å². The molecule has 2 atom stereocenters. The summed E-state index contributed by atoms with van der Waals surface area (Å²) in [4.78, 5) is 16.3. The maximum atomic E-state index is 12.3. The molecule has 1 aliphatic rings. The Hall–Kier alpha value is -1.59.